The molecule has 0 N–H and O–H groups in total. The van der Waals surface area contributed by atoms with Gasteiger partial charge in [-0.3, -0.25) is 0 Å². The fraction of sp³-hybridized carbons (Fsp3) is 0.150. The maximum absolute atomic E-state index is 5.48. The zero-order valence-corrected chi connectivity index (χ0v) is 15.2. The molecule has 27 heavy (non-hydrogen) atoms. The second-order valence-corrected chi connectivity index (χ2v) is 5.81. The summed E-state index contributed by atoms with van der Waals surface area (Å²) in [5.74, 6) is 2.75. The molecular weight excluding hydrogens is 344 g/mol. The van der Waals surface area contributed by atoms with Gasteiger partial charge < -0.3 is 14.2 Å². The van der Waals surface area contributed by atoms with Crippen LogP contribution in [0.25, 0.3) is 28.3 Å². The highest BCUT2D eigenvalue weighted by Crippen LogP contribution is 2.32. The highest BCUT2D eigenvalue weighted by Gasteiger charge is 2.16. The maximum atomic E-state index is 5.48. The van der Waals surface area contributed by atoms with E-state index in [2.05, 4.69) is 10.2 Å². The van der Waals surface area contributed by atoms with Crippen LogP contribution in [0.1, 0.15) is 0 Å². The fourth-order valence-corrected chi connectivity index (χ4v) is 2.86. The van der Waals surface area contributed by atoms with E-state index in [0.717, 1.165) is 22.6 Å². The molecule has 7 heteroatoms. The van der Waals surface area contributed by atoms with E-state index in [1.807, 2.05) is 54.6 Å². The largest absolute Gasteiger partial charge is 0.497 e. The van der Waals surface area contributed by atoms with E-state index in [1.54, 1.807) is 25.8 Å². The zero-order valence-electron chi connectivity index (χ0n) is 15.2. The highest BCUT2D eigenvalue weighted by atomic mass is 16.5. The van der Waals surface area contributed by atoms with Gasteiger partial charge >= 0.3 is 0 Å². The molecular formula is C20H18N4O3. The average Bonchev–Trinajstić information content (AvgIpc) is 3.16. The Hall–Kier alpha value is -3.61. The first kappa shape index (κ1) is 16.8. The molecule has 0 saturated heterocycles. The van der Waals surface area contributed by atoms with Gasteiger partial charge in [0, 0.05) is 5.56 Å². The minimum absolute atomic E-state index is 0.580. The molecule has 0 radical (unpaired) electrons. The van der Waals surface area contributed by atoms with Crippen molar-refractivity contribution in [2.45, 2.75) is 0 Å². The Morgan fingerprint density at radius 2 is 1.48 bits per heavy atom. The van der Waals surface area contributed by atoms with E-state index < -0.39 is 0 Å². The van der Waals surface area contributed by atoms with Gasteiger partial charge in [-0.1, -0.05) is 0 Å². The summed E-state index contributed by atoms with van der Waals surface area (Å²) in [7, 11) is 4.88. The van der Waals surface area contributed by atoms with Crippen molar-refractivity contribution >= 4 is 5.65 Å². The summed E-state index contributed by atoms with van der Waals surface area (Å²) < 4.78 is 17.7. The van der Waals surface area contributed by atoms with Crippen LogP contribution in [0.15, 0.2) is 54.6 Å². The second kappa shape index (κ2) is 6.95. The lowest BCUT2D eigenvalue weighted by molar-refractivity contribution is 0.404. The molecule has 0 bridgehead atoms. The summed E-state index contributed by atoms with van der Waals surface area (Å²) in [5.41, 5.74) is 3.17. The number of rotatable bonds is 5. The van der Waals surface area contributed by atoms with Gasteiger partial charge in [-0.15, -0.1) is 10.2 Å². The van der Waals surface area contributed by atoms with E-state index in [9.17, 15) is 0 Å². The van der Waals surface area contributed by atoms with Crippen molar-refractivity contribution in [2.24, 2.45) is 0 Å². The molecule has 2 aromatic heterocycles. The van der Waals surface area contributed by atoms with Crippen LogP contribution < -0.4 is 14.2 Å². The molecule has 2 aromatic carbocycles. The Morgan fingerprint density at radius 3 is 2.19 bits per heavy atom. The Kier molecular flexibility index (Phi) is 4.33. The number of hydrogen-bond acceptors (Lipinski definition) is 6. The lowest BCUT2D eigenvalue weighted by Crippen LogP contribution is -1.99. The number of hydrogen-bond donors (Lipinski definition) is 0. The van der Waals surface area contributed by atoms with Crippen molar-refractivity contribution in [3.63, 3.8) is 0 Å². The van der Waals surface area contributed by atoms with Crippen LogP contribution in [0.3, 0.4) is 0 Å². The van der Waals surface area contributed by atoms with E-state index in [4.69, 9.17) is 19.3 Å². The molecule has 2 heterocycles. The molecule has 136 valence electrons. The predicted molar refractivity (Wildman–Crippen MR) is 101 cm³/mol. The van der Waals surface area contributed by atoms with Crippen LogP contribution in [-0.2, 0) is 0 Å². The van der Waals surface area contributed by atoms with Crippen molar-refractivity contribution in [2.75, 3.05) is 21.3 Å². The first-order valence-corrected chi connectivity index (χ1v) is 8.33. The standard InChI is InChI=1S/C20H18N4O3/c1-25-14-6-4-13(5-7-14)17-9-11-19-21-22-20(24(19)23-17)16-12-15(26-2)8-10-18(16)27-3/h4-12H,1-3H3. The highest BCUT2D eigenvalue weighted by molar-refractivity contribution is 5.69. The van der Waals surface area contributed by atoms with Gasteiger partial charge in [0.05, 0.1) is 32.6 Å². The molecule has 0 aliphatic heterocycles. The summed E-state index contributed by atoms with van der Waals surface area (Å²) >= 11 is 0. The van der Waals surface area contributed by atoms with E-state index in [1.165, 1.54) is 0 Å². The van der Waals surface area contributed by atoms with Crippen LogP contribution >= 0.6 is 0 Å². The SMILES string of the molecule is COc1ccc(-c2ccc3nnc(-c4cc(OC)ccc4OC)n3n2)cc1. The van der Waals surface area contributed by atoms with Gasteiger partial charge in [0.15, 0.2) is 11.5 Å². The lowest BCUT2D eigenvalue weighted by Gasteiger charge is -2.09. The third kappa shape index (κ3) is 3.03. The van der Waals surface area contributed by atoms with Gasteiger partial charge in [-0.25, -0.2) is 0 Å². The van der Waals surface area contributed by atoms with Crippen molar-refractivity contribution in [3.8, 4) is 39.9 Å². The number of nitrogens with zero attached hydrogens (tertiary/aromatic N) is 4. The van der Waals surface area contributed by atoms with Crippen LogP contribution in [0, 0.1) is 0 Å². The molecule has 0 atom stereocenters. The molecule has 0 amide bonds. The lowest BCUT2D eigenvalue weighted by atomic mass is 10.1. The Balaban J connectivity index is 1.85. The molecule has 0 saturated carbocycles. The number of aromatic nitrogens is 4. The smallest absolute Gasteiger partial charge is 0.189 e. The summed E-state index contributed by atoms with van der Waals surface area (Å²) in [6, 6.07) is 17.1. The predicted octanol–water partition coefficient (Wildman–Crippen LogP) is 3.48. The fourth-order valence-electron chi connectivity index (χ4n) is 2.86. The van der Waals surface area contributed by atoms with Crippen LogP contribution in [0.4, 0.5) is 0 Å². The Bertz CT molecular complexity index is 1090. The van der Waals surface area contributed by atoms with Gasteiger partial charge in [-0.2, -0.15) is 9.61 Å². The number of methoxy groups -OCH3 is 3. The topological polar surface area (TPSA) is 70.8 Å². The van der Waals surface area contributed by atoms with Crippen LogP contribution in [0.2, 0.25) is 0 Å². The monoisotopic (exact) mass is 362 g/mol. The summed E-state index contributed by atoms with van der Waals surface area (Å²) in [5, 5.41) is 13.3. The first-order chi connectivity index (χ1) is 13.2. The molecule has 0 aliphatic rings. The van der Waals surface area contributed by atoms with Gasteiger partial charge in [-0.05, 0) is 54.6 Å². The van der Waals surface area contributed by atoms with Crippen LogP contribution in [0.5, 0.6) is 17.2 Å². The number of fused-ring (bicyclic) bond motifs is 1. The average molecular weight is 362 g/mol. The molecule has 4 aromatic rings. The van der Waals surface area contributed by atoms with E-state index in [-0.39, 0.29) is 0 Å². The third-order valence-corrected chi connectivity index (χ3v) is 4.30. The summed E-state index contributed by atoms with van der Waals surface area (Å²) in [4.78, 5) is 0. The second-order valence-electron chi connectivity index (χ2n) is 5.81. The normalized spacial score (nSPS) is 10.8. The number of ether oxygens (including phenoxy) is 3. The van der Waals surface area contributed by atoms with Crippen molar-refractivity contribution < 1.29 is 14.2 Å². The zero-order chi connectivity index (χ0) is 18.8. The quantitative estimate of drug-likeness (QED) is 0.541. The minimum atomic E-state index is 0.580. The summed E-state index contributed by atoms with van der Waals surface area (Å²) in [6.45, 7) is 0. The molecule has 0 aliphatic carbocycles. The molecule has 4 rings (SSSR count). The third-order valence-electron chi connectivity index (χ3n) is 4.30. The van der Waals surface area contributed by atoms with Gasteiger partial charge in [0.1, 0.15) is 17.2 Å². The molecule has 7 nitrogen and oxygen atoms in total. The number of benzene rings is 2. The molecule has 0 spiro atoms. The van der Waals surface area contributed by atoms with Crippen molar-refractivity contribution in [3.05, 3.63) is 54.6 Å². The van der Waals surface area contributed by atoms with Crippen molar-refractivity contribution in [1.29, 1.82) is 0 Å². The van der Waals surface area contributed by atoms with E-state index in [0.29, 0.717) is 23.0 Å². The van der Waals surface area contributed by atoms with Gasteiger partial charge in [0.2, 0.25) is 0 Å². The van der Waals surface area contributed by atoms with Gasteiger partial charge in [0.25, 0.3) is 0 Å². The maximum Gasteiger partial charge on any atom is 0.189 e. The first-order valence-electron chi connectivity index (χ1n) is 8.33. The van der Waals surface area contributed by atoms with Crippen LogP contribution in [-0.4, -0.2) is 41.1 Å². The Morgan fingerprint density at radius 1 is 0.741 bits per heavy atom. The van der Waals surface area contributed by atoms with E-state index >= 15 is 0 Å². The molecule has 0 fully saturated rings. The minimum Gasteiger partial charge on any atom is -0.497 e. The van der Waals surface area contributed by atoms with Crippen molar-refractivity contribution in [1.82, 2.24) is 19.8 Å². The summed E-state index contributed by atoms with van der Waals surface area (Å²) in [6.07, 6.45) is 0. The Labute approximate surface area is 156 Å². The molecule has 0 unspecified atom stereocenters.